The molecule has 20 heavy (non-hydrogen) atoms. The molecule has 1 atom stereocenters. The number of rotatable bonds is 4. The molecule has 1 saturated heterocycles. The standard InChI is InChI=1S/C11H14FN3O4S/c12-9-4-1-5-10(11(9)15(16)17)20(18,19)14-8-3-2-6-13-7-8/h1,4-5,8,13-14H,2-3,6-7H2. The molecule has 110 valence electrons. The molecule has 1 heterocycles. The molecular weight excluding hydrogens is 289 g/mol. The van der Waals surface area contributed by atoms with E-state index in [4.69, 9.17) is 0 Å². The quantitative estimate of drug-likeness (QED) is 0.632. The molecule has 1 aromatic rings. The predicted octanol–water partition coefficient (Wildman–Crippen LogP) is 0.764. The maximum Gasteiger partial charge on any atom is 0.324 e. The molecule has 0 saturated carbocycles. The first-order chi connectivity index (χ1) is 9.42. The van der Waals surface area contributed by atoms with Crippen molar-refractivity contribution in [3.63, 3.8) is 0 Å². The number of piperidine rings is 1. The van der Waals surface area contributed by atoms with Crippen molar-refractivity contribution in [2.24, 2.45) is 0 Å². The average Bonchev–Trinajstić information content (AvgIpc) is 2.38. The van der Waals surface area contributed by atoms with E-state index in [-0.39, 0.29) is 6.04 Å². The summed E-state index contributed by atoms with van der Waals surface area (Å²) in [6, 6.07) is 2.67. The van der Waals surface area contributed by atoms with Gasteiger partial charge in [-0.3, -0.25) is 10.1 Å². The highest BCUT2D eigenvalue weighted by molar-refractivity contribution is 7.89. The molecule has 7 nitrogen and oxygen atoms in total. The van der Waals surface area contributed by atoms with Gasteiger partial charge in [-0.1, -0.05) is 6.07 Å². The van der Waals surface area contributed by atoms with E-state index in [2.05, 4.69) is 10.0 Å². The molecule has 9 heteroatoms. The third kappa shape index (κ3) is 3.11. The lowest BCUT2D eigenvalue weighted by atomic mass is 10.1. The van der Waals surface area contributed by atoms with Gasteiger partial charge in [-0.25, -0.2) is 13.1 Å². The van der Waals surface area contributed by atoms with Gasteiger partial charge in [0.2, 0.25) is 15.8 Å². The van der Waals surface area contributed by atoms with Gasteiger partial charge >= 0.3 is 5.69 Å². The van der Waals surface area contributed by atoms with Crippen molar-refractivity contribution in [2.45, 2.75) is 23.8 Å². The molecule has 0 aromatic heterocycles. The molecule has 1 aliphatic heterocycles. The van der Waals surface area contributed by atoms with Crippen LogP contribution in [0.5, 0.6) is 0 Å². The van der Waals surface area contributed by atoms with Gasteiger partial charge < -0.3 is 5.32 Å². The molecule has 2 N–H and O–H groups in total. The fourth-order valence-corrected chi connectivity index (χ4v) is 3.58. The second kappa shape index (κ2) is 5.81. The Bertz CT molecular complexity index is 614. The largest absolute Gasteiger partial charge is 0.324 e. The maximum absolute atomic E-state index is 13.5. The van der Waals surface area contributed by atoms with Gasteiger partial charge in [0.05, 0.1) is 4.92 Å². The summed E-state index contributed by atoms with van der Waals surface area (Å²) in [5.41, 5.74) is -1.02. The van der Waals surface area contributed by atoms with Crippen molar-refractivity contribution < 1.29 is 17.7 Å². The lowest BCUT2D eigenvalue weighted by Crippen LogP contribution is -2.45. The minimum absolute atomic E-state index is 0.350. The summed E-state index contributed by atoms with van der Waals surface area (Å²) in [6.45, 7) is 1.25. The van der Waals surface area contributed by atoms with Crippen molar-refractivity contribution in [3.05, 3.63) is 34.1 Å². The zero-order valence-electron chi connectivity index (χ0n) is 10.5. The first-order valence-corrected chi connectivity index (χ1v) is 7.56. The van der Waals surface area contributed by atoms with Crippen LogP contribution in [-0.2, 0) is 10.0 Å². The third-order valence-electron chi connectivity index (χ3n) is 3.04. The monoisotopic (exact) mass is 303 g/mol. The second-order valence-electron chi connectivity index (χ2n) is 4.51. The Balaban J connectivity index is 2.34. The number of hydrogen-bond acceptors (Lipinski definition) is 5. The van der Waals surface area contributed by atoms with Crippen LogP contribution < -0.4 is 10.0 Å². The summed E-state index contributed by atoms with van der Waals surface area (Å²) in [5, 5.41) is 13.9. The molecule has 1 fully saturated rings. The number of nitro benzene ring substituents is 1. The van der Waals surface area contributed by atoms with E-state index < -0.39 is 31.3 Å². The summed E-state index contributed by atoms with van der Waals surface area (Å²) in [4.78, 5) is 9.17. The highest BCUT2D eigenvalue weighted by Gasteiger charge is 2.31. The maximum atomic E-state index is 13.5. The van der Waals surface area contributed by atoms with E-state index in [9.17, 15) is 22.9 Å². The van der Waals surface area contributed by atoms with Crippen LogP contribution >= 0.6 is 0 Å². The van der Waals surface area contributed by atoms with Gasteiger partial charge in [0, 0.05) is 12.6 Å². The van der Waals surface area contributed by atoms with Gasteiger partial charge in [0.1, 0.15) is 0 Å². The summed E-state index contributed by atoms with van der Waals surface area (Å²) in [6.07, 6.45) is 1.44. The SMILES string of the molecule is O=[N+]([O-])c1c(F)cccc1S(=O)(=O)NC1CCCNC1. The predicted molar refractivity (Wildman–Crippen MR) is 69.3 cm³/mol. The van der Waals surface area contributed by atoms with Gasteiger partial charge in [-0.05, 0) is 31.5 Å². The van der Waals surface area contributed by atoms with E-state index in [0.717, 1.165) is 31.2 Å². The number of benzene rings is 1. The fraction of sp³-hybridized carbons (Fsp3) is 0.455. The molecule has 0 aliphatic carbocycles. The number of nitrogens with zero attached hydrogens (tertiary/aromatic N) is 1. The normalized spacial score (nSPS) is 19.8. The molecule has 1 aliphatic rings. The Labute approximate surface area is 115 Å². The van der Waals surface area contributed by atoms with Crippen molar-refractivity contribution in [1.29, 1.82) is 0 Å². The van der Waals surface area contributed by atoms with E-state index in [1.54, 1.807) is 0 Å². The van der Waals surface area contributed by atoms with Crippen LogP contribution in [0.25, 0.3) is 0 Å². The summed E-state index contributed by atoms with van der Waals surface area (Å²) in [5.74, 6) is -1.17. The van der Waals surface area contributed by atoms with E-state index in [1.165, 1.54) is 0 Å². The van der Waals surface area contributed by atoms with Crippen molar-refractivity contribution in [1.82, 2.24) is 10.0 Å². The molecule has 0 spiro atoms. The van der Waals surface area contributed by atoms with Crippen LogP contribution in [0.2, 0.25) is 0 Å². The number of para-hydroxylation sites is 1. The minimum atomic E-state index is -4.13. The molecule has 2 rings (SSSR count). The first kappa shape index (κ1) is 14.8. The highest BCUT2D eigenvalue weighted by atomic mass is 32.2. The smallest absolute Gasteiger partial charge is 0.315 e. The molecule has 0 radical (unpaired) electrons. The van der Waals surface area contributed by atoms with Gasteiger partial charge in [-0.15, -0.1) is 0 Å². The van der Waals surface area contributed by atoms with Crippen LogP contribution in [0.4, 0.5) is 10.1 Å². The number of halogens is 1. The lowest BCUT2D eigenvalue weighted by Gasteiger charge is -2.23. The Morgan fingerprint density at radius 1 is 1.45 bits per heavy atom. The topological polar surface area (TPSA) is 101 Å². The van der Waals surface area contributed by atoms with Crippen molar-refractivity contribution in [3.8, 4) is 0 Å². The van der Waals surface area contributed by atoms with E-state index >= 15 is 0 Å². The lowest BCUT2D eigenvalue weighted by molar-refractivity contribution is -0.390. The van der Waals surface area contributed by atoms with Gasteiger partial charge in [0.15, 0.2) is 4.90 Å². The summed E-state index contributed by atoms with van der Waals surface area (Å²) in [7, 11) is -4.13. The summed E-state index contributed by atoms with van der Waals surface area (Å²) < 4.78 is 40.2. The fourth-order valence-electron chi connectivity index (χ4n) is 2.12. The minimum Gasteiger partial charge on any atom is -0.315 e. The Kier molecular flexibility index (Phi) is 4.31. The van der Waals surface area contributed by atoms with Gasteiger partial charge in [0.25, 0.3) is 0 Å². The summed E-state index contributed by atoms with van der Waals surface area (Å²) >= 11 is 0. The zero-order chi connectivity index (χ0) is 14.8. The molecule has 1 aromatic carbocycles. The number of sulfonamides is 1. The van der Waals surface area contributed by atoms with Crippen LogP contribution in [0.1, 0.15) is 12.8 Å². The van der Waals surface area contributed by atoms with Crippen LogP contribution in [0, 0.1) is 15.9 Å². The molecule has 1 unspecified atom stereocenters. The Morgan fingerprint density at radius 3 is 2.80 bits per heavy atom. The van der Waals surface area contributed by atoms with Crippen LogP contribution in [-0.4, -0.2) is 32.5 Å². The van der Waals surface area contributed by atoms with E-state index in [0.29, 0.717) is 13.0 Å². The average molecular weight is 303 g/mol. The highest BCUT2D eigenvalue weighted by Crippen LogP contribution is 2.26. The van der Waals surface area contributed by atoms with Crippen molar-refractivity contribution in [2.75, 3.05) is 13.1 Å². The van der Waals surface area contributed by atoms with Gasteiger partial charge in [-0.2, -0.15) is 4.39 Å². The first-order valence-electron chi connectivity index (χ1n) is 6.08. The number of nitro groups is 1. The van der Waals surface area contributed by atoms with Crippen LogP contribution in [0.15, 0.2) is 23.1 Å². The number of hydrogen-bond donors (Lipinski definition) is 2. The Morgan fingerprint density at radius 2 is 2.20 bits per heavy atom. The molecule has 0 amide bonds. The van der Waals surface area contributed by atoms with Crippen molar-refractivity contribution >= 4 is 15.7 Å². The zero-order valence-corrected chi connectivity index (χ0v) is 11.3. The number of nitrogens with one attached hydrogen (secondary N) is 2. The third-order valence-corrected chi connectivity index (χ3v) is 4.59. The Hall–Kier alpha value is -1.58. The molecular formula is C11H14FN3O4S. The van der Waals surface area contributed by atoms with E-state index in [1.807, 2.05) is 0 Å². The second-order valence-corrected chi connectivity index (χ2v) is 6.19. The van der Waals surface area contributed by atoms with Crippen LogP contribution in [0.3, 0.4) is 0 Å². The molecule has 0 bridgehead atoms.